The zero-order chi connectivity index (χ0) is 16.2. The number of rotatable bonds is 3. The summed E-state index contributed by atoms with van der Waals surface area (Å²) in [5.41, 5.74) is 1.10. The van der Waals surface area contributed by atoms with Crippen molar-refractivity contribution < 1.29 is 14.7 Å². The molecule has 2 aromatic carbocycles. The minimum atomic E-state index is -1.20. The molecule has 3 rings (SSSR count). The van der Waals surface area contributed by atoms with Crippen molar-refractivity contribution in [3.8, 4) is 0 Å². The van der Waals surface area contributed by atoms with Gasteiger partial charge in [-0.05, 0) is 24.3 Å². The number of carboxylic acid groups (broad SMARTS) is 1. The van der Waals surface area contributed by atoms with Crippen LogP contribution in [0.15, 0.2) is 60.7 Å². The van der Waals surface area contributed by atoms with Crippen molar-refractivity contribution in [2.75, 3.05) is 10.6 Å². The molecule has 1 aromatic heterocycles. The Morgan fingerprint density at radius 2 is 1.61 bits per heavy atom. The van der Waals surface area contributed by atoms with Crippen molar-refractivity contribution in [3.05, 3.63) is 66.4 Å². The zero-order valence-electron chi connectivity index (χ0n) is 12.0. The zero-order valence-corrected chi connectivity index (χ0v) is 12.0. The maximum atomic E-state index is 12.0. The van der Waals surface area contributed by atoms with Crippen molar-refractivity contribution in [1.29, 1.82) is 0 Å². The van der Waals surface area contributed by atoms with Gasteiger partial charge in [-0.2, -0.15) is 0 Å². The first-order valence-electron chi connectivity index (χ1n) is 6.89. The maximum Gasteiger partial charge on any atom is 0.356 e. The third-order valence-corrected chi connectivity index (χ3v) is 3.21. The van der Waals surface area contributed by atoms with Gasteiger partial charge in [0.05, 0.1) is 11.2 Å². The number of benzene rings is 2. The summed E-state index contributed by atoms with van der Waals surface area (Å²) in [6, 6.07) is 17.0. The molecular formula is C17H13N3O3. The Hall–Kier alpha value is -3.41. The van der Waals surface area contributed by atoms with Gasteiger partial charge in [0.25, 0.3) is 0 Å². The highest BCUT2D eigenvalue weighted by molar-refractivity contribution is 6.05. The number of amides is 2. The number of carbonyl (C=O) groups is 2. The second-order valence-electron chi connectivity index (χ2n) is 4.83. The van der Waals surface area contributed by atoms with Gasteiger partial charge in [-0.1, -0.05) is 36.4 Å². The topological polar surface area (TPSA) is 91.3 Å². The third kappa shape index (κ3) is 3.26. The second kappa shape index (κ2) is 6.15. The van der Waals surface area contributed by atoms with E-state index in [2.05, 4.69) is 15.6 Å². The van der Waals surface area contributed by atoms with Crippen LogP contribution in [0.4, 0.5) is 16.2 Å². The highest BCUT2D eigenvalue weighted by atomic mass is 16.4. The number of urea groups is 1. The van der Waals surface area contributed by atoms with Gasteiger partial charge in [-0.15, -0.1) is 0 Å². The summed E-state index contributed by atoms with van der Waals surface area (Å²) in [5.74, 6) is -1.20. The average molecular weight is 307 g/mol. The fourth-order valence-electron chi connectivity index (χ4n) is 2.18. The number of hydrogen-bond acceptors (Lipinski definition) is 3. The molecule has 0 atom stereocenters. The van der Waals surface area contributed by atoms with Crippen molar-refractivity contribution in [2.24, 2.45) is 0 Å². The molecule has 6 nitrogen and oxygen atoms in total. The van der Waals surface area contributed by atoms with Gasteiger partial charge in [0.2, 0.25) is 0 Å². The predicted molar refractivity (Wildman–Crippen MR) is 87.8 cm³/mol. The number of pyridine rings is 1. The lowest BCUT2D eigenvalue weighted by molar-refractivity contribution is 0.0692. The van der Waals surface area contributed by atoms with Gasteiger partial charge < -0.3 is 15.7 Å². The van der Waals surface area contributed by atoms with E-state index in [1.807, 2.05) is 12.1 Å². The van der Waals surface area contributed by atoms with Crippen LogP contribution in [-0.4, -0.2) is 22.1 Å². The van der Waals surface area contributed by atoms with E-state index < -0.39 is 12.0 Å². The Kier molecular flexibility index (Phi) is 3.88. The molecule has 3 aromatic rings. The fraction of sp³-hybridized carbons (Fsp3) is 0. The molecule has 0 fully saturated rings. The van der Waals surface area contributed by atoms with E-state index >= 15 is 0 Å². The minimum Gasteiger partial charge on any atom is -0.476 e. The minimum absolute atomic E-state index is 0.143. The smallest absolute Gasteiger partial charge is 0.356 e. The normalized spacial score (nSPS) is 10.3. The van der Waals surface area contributed by atoms with Crippen molar-refractivity contribution in [2.45, 2.75) is 0 Å². The largest absolute Gasteiger partial charge is 0.476 e. The van der Waals surface area contributed by atoms with Crippen molar-refractivity contribution in [3.63, 3.8) is 0 Å². The number of carboxylic acids is 1. The summed E-state index contributed by atoms with van der Waals surface area (Å²) in [7, 11) is 0. The number of anilines is 2. The number of fused-ring (bicyclic) bond motifs is 1. The lowest BCUT2D eigenvalue weighted by Gasteiger charge is -2.10. The summed E-state index contributed by atoms with van der Waals surface area (Å²) in [5, 5.41) is 15.2. The van der Waals surface area contributed by atoms with Crippen LogP contribution in [-0.2, 0) is 0 Å². The van der Waals surface area contributed by atoms with E-state index in [4.69, 9.17) is 0 Å². The summed E-state index contributed by atoms with van der Waals surface area (Å²) < 4.78 is 0. The standard InChI is InChI=1S/C17H13N3O3/c21-16(22)15-14(10-11-6-4-5-9-13(11)19-15)20-17(23)18-12-7-2-1-3-8-12/h1-10H,(H,21,22)(H2,18,20,23). The maximum absolute atomic E-state index is 12.0. The van der Waals surface area contributed by atoms with E-state index in [-0.39, 0.29) is 11.4 Å². The molecule has 23 heavy (non-hydrogen) atoms. The van der Waals surface area contributed by atoms with Crippen LogP contribution in [0.25, 0.3) is 10.9 Å². The SMILES string of the molecule is O=C(Nc1ccccc1)Nc1cc2ccccc2nc1C(=O)O. The number of para-hydroxylation sites is 2. The van der Waals surface area contributed by atoms with E-state index in [1.165, 1.54) is 0 Å². The summed E-state index contributed by atoms with van der Waals surface area (Å²) in [6.07, 6.45) is 0. The molecule has 0 bridgehead atoms. The number of nitrogens with zero attached hydrogens (tertiary/aromatic N) is 1. The predicted octanol–water partition coefficient (Wildman–Crippen LogP) is 3.58. The molecule has 0 aliphatic rings. The first-order chi connectivity index (χ1) is 11.1. The van der Waals surface area contributed by atoms with Crippen LogP contribution in [0.3, 0.4) is 0 Å². The Bertz CT molecular complexity index is 879. The Labute approximate surface area is 131 Å². The van der Waals surface area contributed by atoms with Gasteiger partial charge >= 0.3 is 12.0 Å². The van der Waals surface area contributed by atoms with Gasteiger partial charge in [0.15, 0.2) is 5.69 Å². The van der Waals surface area contributed by atoms with Crippen LogP contribution in [0.1, 0.15) is 10.5 Å². The van der Waals surface area contributed by atoms with Crippen LogP contribution in [0, 0.1) is 0 Å². The van der Waals surface area contributed by atoms with E-state index in [1.54, 1.807) is 48.5 Å². The Morgan fingerprint density at radius 1 is 0.913 bits per heavy atom. The highest BCUT2D eigenvalue weighted by Crippen LogP contribution is 2.21. The fourth-order valence-corrected chi connectivity index (χ4v) is 2.18. The molecular weight excluding hydrogens is 294 g/mol. The highest BCUT2D eigenvalue weighted by Gasteiger charge is 2.15. The molecule has 0 saturated carbocycles. The molecule has 2 amide bonds. The molecule has 0 aliphatic carbocycles. The van der Waals surface area contributed by atoms with Crippen LogP contribution < -0.4 is 10.6 Å². The van der Waals surface area contributed by atoms with E-state index in [9.17, 15) is 14.7 Å². The number of nitrogens with one attached hydrogen (secondary N) is 2. The summed E-state index contributed by atoms with van der Waals surface area (Å²) in [4.78, 5) is 27.5. The van der Waals surface area contributed by atoms with Gasteiger partial charge in [-0.3, -0.25) is 0 Å². The van der Waals surface area contributed by atoms with Gasteiger partial charge in [0, 0.05) is 11.1 Å². The molecule has 3 N–H and O–H groups in total. The molecule has 114 valence electrons. The van der Waals surface area contributed by atoms with Gasteiger partial charge in [0.1, 0.15) is 0 Å². The number of aromatic carboxylic acids is 1. The summed E-state index contributed by atoms with van der Waals surface area (Å²) >= 11 is 0. The molecule has 0 radical (unpaired) electrons. The summed E-state index contributed by atoms with van der Waals surface area (Å²) in [6.45, 7) is 0. The Morgan fingerprint density at radius 3 is 2.35 bits per heavy atom. The number of hydrogen-bond donors (Lipinski definition) is 3. The molecule has 1 heterocycles. The lowest BCUT2D eigenvalue weighted by Crippen LogP contribution is -2.21. The third-order valence-electron chi connectivity index (χ3n) is 3.21. The Balaban J connectivity index is 1.90. The molecule has 0 unspecified atom stereocenters. The number of carbonyl (C=O) groups excluding carboxylic acids is 1. The van der Waals surface area contributed by atoms with Crippen LogP contribution in [0.5, 0.6) is 0 Å². The van der Waals surface area contributed by atoms with E-state index in [0.717, 1.165) is 5.39 Å². The van der Waals surface area contributed by atoms with E-state index in [0.29, 0.717) is 11.2 Å². The molecule has 0 saturated heterocycles. The molecule has 0 spiro atoms. The second-order valence-corrected chi connectivity index (χ2v) is 4.83. The lowest BCUT2D eigenvalue weighted by atomic mass is 10.1. The molecule has 0 aliphatic heterocycles. The quantitative estimate of drug-likeness (QED) is 0.689. The van der Waals surface area contributed by atoms with Crippen LogP contribution in [0.2, 0.25) is 0 Å². The van der Waals surface area contributed by atoms with Crippen LogP contribution >= 0.6 is 0 Å². The van der Waals surface area contributed by atoms with Crippen molar-refractivity contribution in [1.82, 2.24) is 4.98 Å². The number of aromatic nitrogens is 1. The monoisotopic (exact) mass is 307 g/mol. The van der Waals surface area contributed by atoms with Gasteiger partial charge in [-0.25, -0.2) is 14.6 Å². The van der Waals surface area contributed by atoms with Crippen molar-refractivity contribution >= 4 is 34.3 Å². The first-order valence-corrected chi connectivity index (χ1v) is 6.89. The molecule has 6 heteroatoms. The first kappa shape index (κ1) is 14.5. The average Bonchev–Trinajstić information content (AvgIpc) is 2.55.